The van der Waals surface area contributed by atoms with Crippen LogP contribution in [-0.4, -0.2) is 22.2 Å². The largest absolute Gasteiger partial charge is 0.433 e. The van der Waals surface area contributed by atoms with E-state index in [-0.39, 0.29) is 29.3 Å². The second-order valence-electron chi connectivity index (χ2n) is 5.86. The molecule has 2 aromatic rings. The van der Waals surface area contributed by atoms with Gasteiger partial charge >= 0.3 is 11.8 Å². The van der Waals surface area contributed by atoms with E-state index in [1.807, 2.05) is 14.0 Å². The number of aromatic nitrogens is 2. The fourth-order valence-electron chi connectivity index (χ4n) is 2.92. The first-order valence-corrected chi connectivity index (χ1v) is 8.22. The van der Waals surface area contributed by atoms with E-state index in [9.17, 15) is 4.79 Å². The molecular weight excluding hydrogens is 330 g/mol. The van der Waals surface area contributed by atoms with Gasteiger partial charge in [-0.05, 0) is 43.1 Å². The standard InChI is InChI=1S/C16H11N3O4S/c1-7-10(17-2)8(24-19-7)3-4-9-18-14-15(21-9)22-11-12(20)16(5-6-16)13(11)23-14/h17H,5-6H2,1-2H3. The minimum atomic E-state index is -0.445. The minimum Gasteiger partial charge on any atom is -0.433 e. The summed E-state index contributed by atoms with van der Waals surface area (Å²) in [5, 5.41) is 3.07. The highest BCUT2D eigenvalue weighted by Gasteiger charge is 2.67. The number of carbonyl (C=O) groups is 1. The molecule has 0 bridgehead atoms. The van der Waals surface area contributed by atoms with Crippen LogP contribution in [0.3, 0.4) is 0 Å². The molecule has 0 atom stereocenters. The van der Waals surface area contributed by atoms with Crippen molar-refractivity contribution in [2.45, 2.75) is 19.8 Å². The van der Waals surface area contributed by atoms with Crippen LogP contribution >= 0.6 is 11.5 Å². The molecule has 1 fully saturated rings. The molecule has 1 N–H and O–H groups in total. The van der Waals surface area contributed by atoms with Gasteiger partial charge in [0.25, 0.3) is 5.89 Å². The topological polar surface area (TPSA) is 86.5 Å². The third-order valence-electron chi connectivity index (χ3n) is 4.39. The Labute approximate surface area is 140 Å². The van der Waals surface area contributed by atoms with Crippen LogP contribution in [0.4, 0.5) is 5.69 Å². The minimum absolute atomic E-state index is 0.00835. The van der Waals surface area contributed by atoms with E-state index >= 15 is 0 Å². The number of rotatable bonds is 1. The highest BCUT2D eigenvalue weighted by molar-refractivity contribution is 7.07. The lowest BCUT2D eigenvalue weighted by Gasteiger charge is -2.31. The first-order chi connectivity index (χ1) is 11.6. The van der Waals surface area contributed by atoms with E-state index in [1.165, 1.54) is 11.5 Å². The predicted octanol–water partition coefficient (Wildman–Crippen LogP) is 2.23. The van der Waals surface area contributed by atoms with Gasteiger partial charge in [-0.1, -0.05) is 0 Å². The van der Waals surface area contributed by atoms with Crippen molar-refractivity contribution in [1.82, 2.24) is 9.36 Å². The molecule has 7 nitrogen and oxygen atoms in total. The number of Topliss-reactive ketones (excluding diaryl/α,β-unsaturated/α-hetero) is 1. The molecular formula is C16H11N3O4S. The summed E-state index contributed by atoms with van der Waals surface area (Å²) in [7, 11) is 1.82. The number of carbonyl (C=O) groups excluding carboxylic acids is 1. The number of nitrogens with zero attached hydrogens (tertiary/aromatic N) is 2. The van der Waals surface area contributed by atoms with Crippen LogP contribution in [0.25, 0.3) is 0 Å². The van der Waals surface area contributed by atoms with E-state index in [0.29, 0.717) is 5.76 Å². The number of ketones is 1. The van der Waals surface area contributed by atoms with Crippen LogP contribution in [-0.2, 0) is 4.79 Å². The van der Waals surface area contributed by atoms with Gasteiger partial charge in [0, 0.05) is 7.05 Å². The molecule has 0 aromatic carbocycles. The number of aryl methyl sites for hydroxylation is 1. The normalized spacial score (nSPS) is 18.7. The number of nitrogens with one attached hydrogen (secondary N) is 1. The summed E-state index contributed by atoms with van der Waals surface area (Å²) in [5.41, 5.74) is 1.34. The maximum atomic E-state index is 12.0. The molecule has 1 saturated carbocycles. The maximum Gasteiger partial charge on any atom is 0.358 e. The van der Waals surface area contributed by atoms with Crippen molar-refractivity contribution in [2.24, 2.45) is 5.41 Å². The number of hydrogen-bond donors (Lipinski definition) is 1. The molecule has 3 aliphatic rings. The second kappa shape index (κ2) is 4.39. The monoisotopic (exact) mass is 341 g/mol. The van der Waals surface area contributed by atoms with Crippen LogP contribution in [0.2, 0.25) is 0 Å². The van der Waals surface area contributed by atoms with Crippen LogP contribution in [0.1, 0.15) is 29.3 Å². The van der Waals surface area contributed by atoms with Gasteiger partial charge in [0.15, 0.2) is 5.76 Å². The summed E-state index contributed by atoms with van der Waals surface area (Å²) in [5.74, 6) is 7.13. The lowest BCUT2D eigenvalue weighted by atomic mass is 9.84. The summed E-state index contributed by atoms with van der Waals surface area (Å²) in [4.78, 5) is 17.0. The first kappa shape index (κ1) is 13.6. The van der Waals surface area contributed by atoms with E-state index in [4.69, 9.17) is 13.9 Å². The third kappa shape index (κ3) is 1.65. The molecule has 2 aromatic heterocycles. The van der Waals surface area contributed by atoms with Crippen molar-refractivity contribution in [3.05, 3.63) is 28.0 Å². The predicted molar refractivity (Wildman–Crippen MR) is 83.8 cm³/mol. The Hall–Kier alpha value is -2.79. The zero-order valence-corrected chi connectivity index (χ0v) is 13.7. The summed E-state index contributed by atoms with van der Waals surface area (Å²) in [6.45, 7) is 1.91. The zero-order valence-electron chi connectivity index (χ0n) is 12.8. The summed E-state index contributed by atoms with van der Waals surface area (Å²) >= 11 is 1.30. The highest BCUT2D eigenvalue weighted by Crippen LogP contribution is 2.63. The van der Waals surface area contributed by atoms with Crippen LogP contribution in [0.5, 0.6) is 11.8 Å². The van der Waals surface area contributed by atoms with Crippen LogP contribution < -0.4 is 14.8 Å². The molecule has 1 spiro atoms. The molecule has 0 saturated heterocycles. The average Bonchev–Trinajstić information content (AvgIpc) is 3.22. The smallest absolute Gasteiger partial charge is 0.358 e. The Morgan fingerprint density at radius 2 is 2.12 bits per heavy atom. The fraction of sp³-hybridized carbons (Fsp3) is 0.312. The summed E-state index contributed by atoms with van der Waals surface area (Å²) < 4.78 is 20.9. The van der Waals surface area contributed by atoms with Gasteiger partial charge < -0.3 is 19.2 Å². The van der Waals surface area contributed by atoms with Gasteiger partial charge in [-0.25, -0.2) is 0 Å². The van der Waals surface area contributed by atoms with E-state index in [1.54, 1.807) is 0 Å². The number of hydrogen-bond acceptors (Lipinski definition) is 8. The summed E-state index contributed by atoms with van der Waals surface area (Å²) in [6.07, 6.45) is 1.62. The van der Waals surface area contributed by atoms with E-state index < -0.39 is 5.41 Å². The van der Waals surface area contributed by atoms with E-state index in [0.717, 1.165) is 29.1 Å². The molecule has 24 heavy (non-hydrogen) atoms. The number of oxazole rings is 1. The zero-order chi connectivity index (χ0) is 16.5. The number of anilines is 1. The molecule has 5 rings (SSSR count). The van der Waals surface area contributed by atoms with Crippen molar-refractivity contribution in [2.75, 3.05) is 12.4 Å². The maximum absolute atomic E-state index is 12.0. The van der Waals surface area contributed by atoms with Crippen molar-refractivity contribution in [1.29, 1.82) is 0 Å². The fourth-order valence-corrected chi connectivity index (χ4v) is 3.68. The van der Waals surface area contributed by atoms with Crippen molar-refractivity contribution in [3.63, 3.8) is 0 Å². The van der Waals surface area contributed by atoms with Gasteiger partial charge in [-0.3, -0.25) is 4.79 Å². The quantitative estimate of drug-likeness (QED) is 0.796. The molecule has 0 amide bonds. The molecule has 3 heterocycles. The molecule has 8 heteroatoms. The van der Waals surface area contributed by atoms with Crippen molar-refractivity contribution < 1.29 is 18.7 Å². The lowest BCUT2D eigenvalue weighted by molar-refractivity contribution is -0.127. The van der Waals surface area contributed by atoms with Gasteiger partial charge in [0.2, 0.25) is 11.5 Å². The molecule has 0 radical (unpaired) electrons. The molecule has 2 aliphatic carbocycles. The Balaban J connectivity index is 1.44. The second-order valence-corrected chi connectivity index (χ2v) is 6.63. The number of allylic oxidation sites excluding steroid dienone is 2. The van der Waals surface area contributed by atoms with Crippen molar-refractivity contribution >= 4 is 23.0 Å². The lowest BCUT2D eigenvalue weighted by Crippen LogP contribution is -2.40. The Bertz CT molecular complexity index is 1000. The van der Waals surface area contributed by atoms with Crippen molar-refractivity contribution in [3.8, 4) is 23.7 Å². The molecule has 0 unspecified atom stereocenters. The number of ether oxygens (including phenoxy) is 2. The Morgan fingerprint density at radius 3 is 2.88 bits per heavy atom. The molecule has 1 aliphatic heterocycles. The SMILES string of the molecule is CNc1c(C)nsc1C#Cc1nc2c(o1)OC1=C(O2)C2(CC2)C1=O. The Kier molecular flexibility index (Phi) is 2.49. The van der Waals surface area contributed by atoms with Gasteiger partial charge in [0.05, 0.1) is 16.8 Å². The third-order valence-corrected chi connectivity index (χ3v) is 5.24. The average molecular weight is 341 g/mol. The molecule has 120 valence electrons. The first-order valence-electron chi connectivity index (χ1n) is 7.44. The van der Waals surface area contributed by atoms with Gasteiger partial charge in [-0.2, -0.15) is 9.36 Å². The van der Waals surface area contributed by atoms with Crippen LogP contribution in [0.15, 0.2) is 15.9 Å². The Morgan fingerprint density at radius 1 is 1.29 bits per heavy atom. The van der Waals surface area contributed by atoms with Gasteiger partial charge in [0.1, 0.15) is 4.88 Å². The highest BCUT2D eigenvalue weighted by atomic mass is 32.1. The van der Waals surface area contributed by atoms with Crippen LogP contribution in [0, 0.1) is 24.2 Å². The number of fused-ring (bicyclic) bond motifs is 2. The van der Waals surface area contributed by atoms with E-state index in [2.05, 4.69) is 26.5 Å². The van der Waals surface area contributed by atoms with Gasteiger partial charge in [-0.15, -0.1) is 0 Å². The summed E-state index contributed by atoms with van der Waals surface area (Å²) in [6, 6.07) is 0.